The van der Waals surface area contributed by atoms with Gasteiger partial charge in [0.25, 0.3) is 0 Å². The van der Waals surface area contributed by atoms with Crippen molar-refractivity contribution in [3.63, 3.8) is 0 Å². The summed E-state index contributed by atoms with van der Waals surface area (Å²) in [5.41, 5.74) is -1.24. The smallest absolute Gasteiger partial charge is 0.352 e. The lowest BCUT2D eigenvalue weighted by Gasteiger charge is -2.10. The van der Waals surface area contributed by atoms with Crippen molar-refractivity contribution in [2.45, 2.75) is 13.5 Å². The zero-order valence-corrected chi connectivity index (χ0v) is 15.9. The molecule has 0 aliphatic carbocycles. The zero-order valence-electron chi connectivity index (χ0n) is 12.7. The van der Waals surface area contributed by atoms with Crippen LogP contribution in [0.2, 0.25) is 0 Å². The lowest BCUT2D eigenvalue weighted by molar-refractivity contribution is -0.395. The van der Waals surface area contributed by atoms with E-state index in [-0.39, 0.29) is 21.1 Å². The number of carbonyl (C=O) groups excluding carboxylic acids is 1. The number of nitro groups is 2. The number of carbonyl (C=O) groups is 1. The maximum atomic E-state index is 12.4. The van der Waals surface area contributed by atoms with Gasteiger partial charge >= 0.3 is 17.3 Å². The quantitative estimate of drug-likeness (QED) is 0.353. The van der Waals surface area contributed by atoms with E-state index in [0.29, 0.717) is 5.56 Å². The van der Waals surface area contributed by atoms with Crippen LogP contribution in [0.15, 0.2) is 39.3 Å². The Kier molecular flexibility index (Phi) is 5.85. The molecule has 0 saturated carbocycles. The number of hydrogen-bond donors (Lipinski definition) is 0. The average Bonchev–Trinajstić information content (AvgIpc) is 2.57. The van der Waals surface area contributed by atoms with Gasteiger partial charge in [-0.3, -0.25) is 20.2 Å². The van der Waals surface area contributed by atoms with Crippen molar-refractivity contribution in [3.05, 3.63) is 76.2 Å². The van der Waals surface area contributed by atoms with E-state index < -0.39 is 32.8 Å². The van der Waals surface area contributed by atoms with Crippen LogP contribution in [0.25, 0.3) is 0 Å². The van der Waals surface area contributed by atoms with Crippen molar-refractivity contribution < 1.29 is 19.4 Å². The van der Waals surface area contributed by atoms with Crippen molar-refractivity contribution in [2.75, 3.05) is 0 Å². The number of benzene rings is 2. The second kappa shape index (κ2) is 7.70. The van der Waals surface area contributed by atoms with Crippen LogP contribution < -0.4 is 0 Å². The molecule has 0 aliphatic heterocycles. The highest BCUT2D eigenvalue weighted by atomic mass is 79.9. The molecule has 2 rings (SSSR count). The summed E-state index contributed by atoms with van der Waals surface area (Å²) in [6, 6.07) is 8.61. The van der Waals surface area contributed by atoms with Gasteiger partial charge in [-0.2, -0.15) is 0 Å². The standard InChI is InChI=1S/C15H10Br2N2O6/c1-8-11(16)13(18(21)22)10(14(12(8)17)19(23)24)15(20)25-7-9-5-3-2-4-6-9/h2-6H,7H2,1H3. The van der Waals surface area contributed by atoms with Crippen LogP contribution in [0.3, 0.4) is 0 Å². The van der Waals surface area contributed by atoms with Crippen LogP contribution in [-0.2, 0) is 11.3 Å². The molecule has 0 spiro atoms. The molecule has 0 saturated heterocycles. The second-order valence-electron chi connectivity index (χ2n) is 4.90. The van der Waals surface area contributed by atoms with Crippen molar-refractivity contribution in [3.8, 4) is 0 Å². The summed E-state index contributed by atoms with van der Waals surface area (Å²) < 4.78 is 5.00. The van der Waals surface area contributed by atoms with Crippen molar-refractivity contribution in [1.29, 1.82) is 0 Å². The minimum Gasteiger partial charge on any atom is -0.457 e. The first-order chi connectivity index (χ1) is 11.8. The van der Waals surface area contributed by atoms with Crippen LogP contribution in [0.4, 0.5) is 11.4 Å². The van der Waals surface area contributed by atoms with Gasteiger partial charge in [-0.1, -0.05) is 30.3 Å². The second-order valence-corrected chi connectivity index (χ2v) is 6.49. The van der Waals surface area contributed by atoms with E-state index in [1.54, 1.807) is 30.3 Å². The Morgan fingerprint density at radius 3 is 1.96 bits per heavy atom. The summed E-state index contributed by atoms with van der Waals surface area (Å²) in [5, 5.41) is 22.8. The minimum absolute atomic E-state index is 0.0263. The molecule has 0 radical (unpaired) electrons. The number of hydrogen-bond acceptors (Lipinski definition) is 6. The molecule has 130 valence electrons. The van der Waals surface area contributed by atoms with Gasteiger partial charge in [0.15, 0.2) is 0 Å². The molecule has 0 aliphatic rings. The van der Waals surface area contributed by atoms with E-state index in [1.807, 2.05) is 0 Å². The first-order valence-electron chi connectivity index (χ1n) is 6.77. The first kappa shape index (κ1) is 19.0. The molecule has 0 aromatic heterocycles. The number of halogens is 2. The molecule has 8 nitrogen and oxygen atoms in total. The van der Waals surface area contributed by atoms with E-state index in [0.717, 1.165) is 0 Å². The third-order valence-electron chi connectivity index (χ3n) is 3.33. The number of esters is 1. The Morgan fingerprint density at radius 1 is 1.04 bits per heavy atom. The first-order valence-corrected chi connectivity index (χ1v) is 8.35. The lowest BCUT2D eigenvalue weighted by atomic mass is 10.1. The molecule has 0 atom stereocenters. The van der Waals surface area contributed by atoms with Gasteiger partial charge in [0.1, 0.15) is 15.6 Å². The van der Waals surface area contributed by atoms with Gasteiger partial charge in [0.2, 0.25) is 5.56 Å². The number of nitro benzene ring substituents is 2. The minimum atomic E-state index is -1.15. The van der Waals surface area contributed by atoms with Crippen LogP contribution in [-0.4, -0.2) is 15.8 Å². The van der Waals surface area contributed by atoms with E-state index in [1.165, 1.54) is 6.92 Å². The maximum Gasteiger partial charge on any atom is 0.352 e. The Bertz CT molecular complexity index is 829. The summed E-state index contributed by atoms with van der Waals surface area (Å²) >= 11 is 6.06. The normalized spacial score (nSPS) is 10.4. The third-order valence-corrected chi connectivity index (χ3v) is 5.27. The van der Waals surface area contributed by atoms with E-state index in [2.05, 4.69) is 31.9 Å². The van der Waals surface area contributed by atoms with Crippen LogP contribution >= 0.6 is 31.9 Å². The fourth-order valence-corrected chi connectivity index (χ4v) is 3.46. The summed E-state index contributed by atoms with van der Waals surface area (Å²) in [5.74, 6) is -1.15. The number of rotatable bonds is 5. The Hall–Kier alpha value is -2.33. The molecule has 0 N–H and O–H groups in total. The largest absolute Gasteiger partial charge is 0.457 e. The molecular weight excluding hydrogens is 464 g/mol. The highest BCUT2D eigenvalue weighted by Crippen LogP contribution is 2.44. The Balaban J connectivity index is 2.55. The van der Waals surface area contributed by atoms with Gasteiger partial charge in [-0.05, 0) is 49.9 Å². The topological polar surface area (TPSA) is 113 Å². The summed E-state index contributed by atoms with van der Waals surface area (Å²) in [7, 11) is 0. The predicted octanol–water partition coefficient (Wildman–Crippen LogP) is 4.69. The van der Waals surface area contributed by atoms with E-state index >= 15 is 0 Å². The molecule has 2 aromatic rings. The molecule has 25 heavy (non-hydrogen) atoms. The van der Waals surface area contributed by atoms with Crippen molar-refractivity contribution >= 4 is 49.2 Å². The van der Waals surface area contributed by atoms with E-state index in [9.17, 15) is 25.0 Å². The molecule has 10 heteroatoms. The fourth-order valence-electron chi connectivity index (χ4n) is 2.11. The van der Waals surface area contributed by atoms with Gasteiger partial charge in [-0.25, -0.2) is 4.79 Å². The highest BCUT2D eigenvalue weighted by Gasteiger charge is 2.38. The summed E-state index contributed by atoms with van der Waals surface area (Å²) in [6.07, 6.45) is 0. The lowest BCUT2D eigenvalue weighted by Crippen LogP contribution is -2.13. The van der Waals surface area contributed by atoms with Crippen molar-refractivity contribution in [1.82, 2.24) is 0 Å². The SMILES string of the molecule is Cc1c(Br)c([N+](=O)[O-])c(C(=O)OCc2ccccc2)c([N+](=O)[O-])c1Br. The maximum absolute atomic E-state index is 12.4. The highest BCUT2D eigenvalue weighted by molar-refractivity contribution is 9.11. The Labute approximate surface area is 158 Å². The Morgan fingerprint density at radius 2 is 1.52 bits per heavy atom. The average molecular weight is 474 g/mol. The number of ether oxygens (including phenoxy) is 1. The number of nitrogens with zero attached hydrogens (tertiary/aromatic N) is 2. The molecule has 0 fully saturated rings. The molecule has 0 unspecified atom stereocenters. The van der Waals surface area contributed by atoms with Gasteiger partial charge in [0.05, 0.1) is 9.85 Å². The van der Waals surface area contributed by atoms with Crippen LogP contribution in [0.1, 0.15) is 21.5 Å². The van der Waals surface area contributed by atoms with Crippen molar-refractivity contribution in [2.24, 2.45) is 0 Å². The molecular formula is C15H10Br2N2O6. The van der Waals surface area contributed by atoms with E-state index in [4.69, 9.17) is 4.74 Å². The fraction of sp³-hybridized carbons (Fsp3) is 0.133. The van der Waals surface area contributed by atoms with Crippen LogP contribution in [0.5, 0.6) is 0 Å². The third kappa shape index (κ3) is 3.85. The monoisotopic (exact) mass is 472 g/mol. The molecule has 0 amide bonds. The zero-order chi connectivity index (χ0) is 18.7. The van der Waals surface area contributed by atoms with Gasteiger partial charge in [-0.15, -0.1) is 0 Å². The molecule has 0 heterocycles. The summed E-state index contributed by atoms with van der Waals surface area (Å²) in [4.78, 5) is 33.5. The summed E-state index contributed by atoms with van der Waals surface area (Å²) in [6.45, 7) is 1.28. The molecule has 2 aromatic carbocycles. The predicted molar refractivity (Wildman–Crippen MR) is 95.4 cm³/mol. The van der Waals surface area contributed by atoms with Crippen LogP contribution in [0, 0.1) is 27.2 Å². The van der Waals surface area contributed by atoms with Gasteiger partial charge in [0, 0.05) is 0 Å². The molecule has 0 bridgehead atoms. The van der Waals surface area contributed by atoms with Gasteiger partial charge < -0.3 is 4.74 Å².